The molecule has 0 fully saturated rings. The number of anilines is 1. The fourth-order valence-corrected chi connectivity index (χ4v) is 3.01. The van der Waals surface area contributed by atoms with Gasteiger partial charge in [-0.1, -0.05) is 18.2 Å². The minimum Gasteiger partial charge on any atom is -0.461 e. The molecule has 0 saturated heterocycles. The molecule has 1 aromatic carbocycles. The molecule has 3 heterocycles. The van der Waals surface area contributed by atoms with Crippen LogP contribution in [0.1, 0.15) is 12.5 Å². The summed E-state index contributed by atoms with van der Waals surface area (Å²) in [6, 6.07) is 13.9. The highest BCUT2D eigenvalue weighted by molar-refractivity contribution is 5.85. The molecule has 1 atom stereocenters. The number of hydrogen-bond donors (Lipinski definition) is 2. The number of hydrogen-bond acceptors (Lipinski definition) is 7. The predicted molar refractivity (Wildman–Crippen MR) is 114 cm³/mol. The van der Waals surface area contributed by atoms with Crippen LogP contribution in [0.3, 0.4) is 0 Å². The average molecular weight is 415 g/mol. The minimum atomic E-state index is 0. The lowest BCUT2D eigenvalue weighted by atomic mass is 10.1. The van der Waals surface area contributed by atoms with Crippen LogP contribution in [0.5, 0.6) is 0 Å². The number of methoxy groups -OCH3 is 1. The summed E-state index contributed by atoms with van der Waals surface area (Å²) in [5.74, 6) is 1.33. The summed E-state index contributed by atoms with van der Waals surface area (Å²) in [5.41, 5.74) is 9.61. The third kappa shape index (κ3) is 4.56. The SMILES string of the molecule is COCC(C)NCc1cccc(-c2cc3nc(-c4ccco4)nn3c(N)n2)c1.Cl. The standard InChI is InChI=1S/C20H22N6O2.ClH/c1-13(12-27-2)22-11-14-5-3-6-15(9-14)16-10-18-24-19(17-7-4-8-28-17)25-26(18)20(21)23-16;/h3-10,13,22H,11-12H2,1-2H3,(H2,21,23);1H. The highest BCUT2D eigenvalue weighted by atomic mass is 35.5. The zero-order valence-corrected chi connectivity index (χ0v) is 17.0. The van der Waals surface area contributed by atoms with Gasteiger partial charge >= 0.3 is 0 Å². The van der Waals surface area contributed by atoms with Crippen molar-refractivity contribution in [1.29, 1.82) is 0 Å². The Balaban J connectivity index is 0.00000240. The minimum absolute atomic E-state index is 0. The first-order valence-corrected chi connectivity index (χ1v) is 9.03. The van der Waals surface area contributed by atoms with Crippen molar-refractivity contribution >= 4 is 24.0 Å². The zero-order valence-electron chi connectivity index (χ0n) is 16.2. The first-order chi connectivity index (χ1) is 13.6. The van der Waals surface area contributed by atoms with E-state index in [1.807, 2.05) is 18.2 Å². The second-order valence-corrected chi connectivity index (χ2v) is 6.62. The van der Waals surface area contributed by atoms with Crippen LogP contribution in [0.25, 0.3) is 28.5 Å². The van der Waals surface area contributed by atoms with Crippen LogP contribution in [0.2, 0.25) is 0 Å². The van der Waals surface area contributed by atoms with Gasteiger partial charge in [0, 0.05) is 31.3 Å². The molecule has 4 rings (SSSR count). The predicted octanol–water partition coefficient (Wildman–Crippen LogP) is 3.18. The van der Waals surface area contributed by atoms with Crippen LogP contribution in [-0.4, -0.2) is 39.3 Å². The molecule has 152 valence electrons. The van der Waals surface area contributed by atoms with Crippen molar-refractivity contribution in [3.8, 4) is 22.8 Å². The van der Waals surface area contributed by atoms with E-state index in [0.29, 0.717) is 23.8 Å². The molecule has 0 amide bonds. The number of aromatic nitrogens is 4. The van der Waals surface area contributed by atoms with Crippen LogP contribution in [0.15, 0.2) is 53.1 Å². The van der Waals surface area contributed by atoms with E-state index in [2.05, 4.69) is 39.4 Å². The summed E-state index contributed by atoms with van der Waals surface area (Å²) in [5, 5.41) is 7.81. The third-order valence-corrected chi connectivity index (χ3v) is 4.39. The molecule has 0 saturated carbocycles. The molecule has 0 bridgehead atoms. The fourth-order valence-electron chi connectivity index (χ4n) is 3.01. The number of furan rings is 1. The van der Waals surface area contributed by atoms with Crippen LogP contribution < -0.4 is 11.1 Å². The highest BCUT2D eigenvalue weighted by Crippen LogP contribution is 2.23. The first kappa shape index (κ1) is 20.8. The Kier molecular flexibility index (Phi) is 6.48. The smallest absolute Gasteiger partial charge is 0.223 e. The second-order valence-electron chi connectivity index (χ2n) is 6.62. The summed E-state index contributed by atoms with van der Waals surface area (Å²) in [6.45, 7) is 3.49. The maximum Gasteiger partial charge on any atom is 0.223 e. The molecule has 9 heteroatoms. The lowest BCUT2D eigenvalue weighted by Crippen LogP contribution is -2.29. The molecule has 4 aromatic rings. The molecule has 0 radical (unpaired) electrons. The van der Waals surface area contributed by atoms with Crippen molar-refractivity contribution in [2.24, 2.45) is 0 Å². The summed E-state index contributed by atoms with van der Waals surface area (Å²) >= 11 is 0. The van der Waals surface area contributed by atoms with Gasteiger partial charge in [-0.2, -0.15) is 4.52 Å². The largest absolute Gasteiger partial charge is 0.461 e. The Morgan fingerprint density at radius 2 is 2.07 bits per heavy atom. The molecule has 3 N–H and O–H groups in total. The normalized spacial score (nSPS) is 12.1. The maximum absolute atomic E-state index is 6.12. The van der Waals surface area contributed by atoms with Gasteiger partial charge in [-0.15, -0.1) is 17.5 Å². The van der Waals surface area contributed by atoms with Gasteiger partial charge in [0.1, 0.15) is 0 Å². The number of nitrogen functional groups attached to an aromatic ring is 1. The lowest BCUT2D eigenvalue weighted by Gasteiger charge is -2.13. The van der Waals surface area contributed by atoms with Crippen LogP contribution in [-0.2, 0) is 11.3 Å². The van der Waals surface area contributed by atoms with Gasteiger partial charge in [0.25, 0.3) is 0 Å². The molecule has 0 aliphatic rings. The van der Waals surface area contributed by atoms with E-state index in [9.17, 15) is 0 Å². The number of ether oxygens (including phenoxy) is 1. The number of nitrogens with two attached hydrogens (primary N) is 1. The van der Waals surface area contributed by atoms with E-state index in [0.717, 1.165) is 23.4 Å². The number of fused-ring (bicyclic) bond motifs is 1. The van der Waals surface area contributed by atoms with E-state index in [1.165, 1.54) is 4.52 Å². The maximum atomic E-state index is 6.12. The molecule has 0 spiro atoms. The quantitative estimate of drug-likeness (QED) is 0.478. The van der Waals surface area contributed by atoms with Crippen molar-refractivity contribution in [2.75, 3.05) is 19.5 Å². The van der Waals surface area contributed by atoms with E-state index in [1.54, 1.807) is 25.5 Å². The van der Waals surface area contributed by atoms with E-state index < -0.39 is 0 Å². The average Bonchev–Trinajstić information content (AvgIpc) is 3.36. The van der Waals surface area contributed by atoms with Crippen LogP contribution in [0, 0.1) is 0 Å². The van der Waals surface area contributed by atoms with Crippen molar-refractivity contribution in [2.45, 2.75) is 19.5 Å². The molecule has 0 aliphatic carbocycles. The van der Waals surface area contributed by atoms with E-state index in [4.69, 9.17) is 14.9 Å². The molecule has 1 unspecified atom stereocenters. The monoisotopic (exact) mass is 414 g/mol. The Hall–Kier alpha value is -2.94. The molecule has 29 heavy (non-hydrogen) atoms. The Morgan fingerprint density at radius 3 is 2.83 bits per heavy atom. The zero-order chi connectivity index (χ0) is 19.5. The van der Waals surface area contributed by atoms with Crippen LogP contribution >= 0.6 is 12.4 Å². The molecular formula is C20H23ClN6O2. The first-order valence-electron chi connectivity index (χ1n) is 9.03. The fraction of sp³-hybridized carbons (Fsp3) is 0.250. The highest BCUT2D eigenvalue weighted by Gasteiger charge is 2.13. The summed E-state index contributed by atoms with van der Waals surface area (Å²) < 4.78 is 12.0. The van der Waals surface area contributed by atoms with Gasteiger partial charge in [0.2, 0.25) is 11.8 Å². The van der Waals surface area contributed by atoms with Gasteiger partial charge in [0.15, 0.2) is 11.4 Å². The van der Waals surface area contributed by atoms with E-state index >= 15 is 0 Å². The Bertz CT molecular complexity index is 1080. The van der Waals surface area contributed by atoms with Gasteiger partial charge in [-0.05, 0) is 30.7 Å². The van der Waals surface area contributed by atoms with Crippen molar-refractivity contribution in [3.05, 3.63) is 54.3 Å². The van der Waals surface area contributed by atoms with Crippen molar-refractivity contribution in [3.63, 3.8) is 0 Å². The molecule has 0 aliphatic heterocycles. The number of halogens is 1. The number of nitrogens with one attached hydrogen (secondary N) is 1. The molecular weight excluding hydrogens is 392 g/mol. The van der Waals surface area contributed by atoms with Crippen LogP contribution in [0.4, 0.5) is 5.95 Å². The number of benzene rings is 1. The van der Waals surface area contributed by atoms with Gasteiger partial charge in [-0.25, -0.2) is 9.97 Å². The topological polar surface area (TPSA) is 104 Å². The van der Waals surface area contributed by atoms with Crippen molar-refractivity contribution < 1.29 is 9.15 Å². The van der Waals surface area contributed by atoms with Gasteiger partial charge in [0.05, 0.1) is 18.6 Å². The van der Waals surface area contributed by atoms with Gasteiger partial charge < -0.3 is 20.2 Å². The lowest BCUT2D eigenvalue weighted by molar-refractivity contribution is 0.171. The van der Waals surface area contributed by atoms with Crippen molar-refractivity contribution in [1.82, 2.24) is 24.9 Å². The number of nitrogens with zero attached hydrogens (tertiary/aromatic N) is 4. The third-order valence-electron chi connectivity index (χ3n) is 4.39. The number of rotatable bonds is 7. The molecule has 8 nitrogen and oxygen atoms in total. The Labute approximate surface area is 174 Å². The van der Waals surface area contributed by atoms with Gasteiger partial charge in [-0.3, -0.25) is 0 Å². The summed E-state index contributed by atoms with van der Waals surface area (Å²) in [6.07, 6.45) is 1.58. The van der Waals surface area contributed by atoms with E-state index in [-0.39, 0.29) is 24.4 Å². The summed E-state index contributed by atoms with van der Waals surface area (Å²) in [4.78, 5) is 9.02. The Morgan fingerprint density at radius 1 is 1.21 bits per heavy atom. The summed E-state index contributed by atoms with van der Waals surface area (Å²) in [7, 11) is 1.70. The second kappa shape index (κ2) is 9.04. The molecule has 3 aromatic heterocycles.